The number of aromatic hydroxyl groups is 1. The van der Waals surface area contributed by atoms with E-state index in [0.717, 1.165) is 5.56 Å². The van der Waals surface area contributed by atoms with Crippen molar-refractivity contribution in [2.45, 2.75) is 44.9 Å². The zero-order chi connectivity index (χ0) is 26.3. The molecule has 0 fully saturated rings. The first-order valence-electron chi connectivity index (χ1n) is 11.7. The summed E-state index contributed by atoms with van der Waals surface area (Å²) in [6.07, 6.45) is 0.140. The van der Waals surface area contributed by atoms with E-state index in [9.17, 15) is 24.5 Å². The Bertz CT molecular complexity index is 1200. The van der Waals surface area contributed by atoms with Crippen LogP contribution in [0.1, 0.15) is 52.6 Å². The second-order valence-corrected chi connectivity index (χ2v) is 9.88. The molecular formula is C28H32ClFN2O4. The largest absolute Gasteiger partial charge is 0.508 e. The maximum absolute atomic E-state index is 13.9. The van der Waals surface area contributed by atoms with E-state index in [4.69, 9.17) is 11.6 Å². The number of aliphatic hydroxyl groups excluding tert-OH is 2. The summed E-state index contributed by atoms with van der Waals surface area (Å²) in [6.45, 7) is 4.26. The van der Waals surface area contributed by atoms with Gasteiger partial charge in [-0.2, -0.15) is 0 Å². The van der Waals surface area contributed by atoms with Crippen LogP contribution in [0.2, 0.25) is 5.02 Å². The van der Waals surface area contributed by atoms with E-state index >= 15 is 0 Å². The number of amides is 1. The number of phenols is 1. The van der Waals surface area contributed by atoms with Gasteiger partial charge in [-0.3, -0.25) is 4.79 Å². The first kappa shape index (κ1) is 27.6. The lowest BCUT2D eigenvalue weighted by molar-refractivity contribution is 0.0954. The van der Waals surface area contributed by atoms with Gasteiger partial charge >= 0.3 is 0 Å². The maximum atomic E-state index is 13.9. The average molecular weight is 515 g/mol. The fourth-order valence-electron chi connectivity index (χ4n) is 3.96. The molecule has 0 unspecified atom stereocenters. The molecule has 0 aliphatic carbocycles. The lowest BCUT2D eigenvalue weighted by Gasteiger charge is -2.28. The van der Waals surface area contributed by atoms with E-state index in [1.165, 1.54) is 12.1 Å². The normalized spacial score (nSPS) is 12.4. The van der Waals surface area contributed by atoms with E-state index in [2.05, 4.69) is 10.6 Å². The highest BCUT2D eigenvalue weighted by Crippen LogP contribution is 2.23. The van der Waals surface area contributed by atoms with Gasteiger partial charge in [0.05, 0.1) is 12.7 Å². The molecular weight excluding hydrogens is 483 g/mol. The van der Waals surface area contributed by atoms with Crippen LogP contribution in [-0.2, 0) is 19.4 Å². The minimum Gasteiger partial charge on any atom is -0.508 e. The van der Waals surface area contributed by atoms with Crippen LogP contribution in [0.3, 0.4) is 0 Å². The molecule has 0 aliphatic rings. The van der Waals surface area contributed by atoms with Gasteiger partial charge in [0.15, 0.2) is 0 Å². The monoisotopic (exact) mass is 514 g/mol. The minimum atomic E-state index is -0.822. The molecule has 0 heterocycles. The van der Waals surface area contributed by atoms with Crippen molar-refractivity contribution in [1.29, 1.82) is 0 Å². The summed E-state index contributed by atoms with van der Waals surface area (Å²) in [7, 11) is 0. The summed E-state index contributed by atoms with van der Waals surface area (Å²) >= 11 is 5.78. The fraction of sp³-hybridized carbons (Fsp3) is 0.321. The second kappa shape index (κ2) is 12.3. The van der Waals surface area contributed by atoms with Crippen LogP contribution in [0, 0.1) is 5.82 Å². The van der Waals surface area contributed by atoms with Crippen molar-refractivity contribution in [1.82, 2.24) is 10.6 Å². The first-order valence-corrected chi connectivity index (χ1v) is 12.1. The molecule has 192 valence electrons. The number of carbonyl (C=O) groups is 1. The van der Waals surface area contributed by atoms with E-state index in [0.29, 0.717) is 46.7 Å². The summed E-state index contributed by atoms with van der Waals surface area (Å²) in [5.41, 5.74) is 2.52. The van der Waals surface area contributed by atoms with E-state index in [1.54, 1.807) is 30.3 Å². The van der Waals surface area contributed by atoms with Crippen molar-refractivity contribution in [2.75, 3.05) is 13.1 Å². The molecule has 3 aromatic rings. The van der Waals surface area contributed by atoms with Gasteiger partial charge in [-0.25, -0.2) is 4.39 Å². The van der Waals surface area contributed by atoms with Gasteiger partial charge < -0.3 is 26.0 Å². The Labute approximate surface area is 215 Å². The lowest BCUT2D eigenvalue weighted by atomic mass is 9.93. The van der Waals surface area contributed by atoms with Gasteiger partial charge in [0.2, 0.25) is 0 Å². The molecule has 6 nitrogen and oxygen atoms in total. The van der Waals surface area contributed by atoms with Crippen LogP contribution in [0.5, 0.6) is 5.75 Å². The predicted octanol–water partition coefficient (Wildman–Crippen LogP) is 4.29. The molecule has 0 aromatic heterocycles. The predicted molar refractivity (Wildman–Crippen MR) is 139 cm³/mol. The molecule has 0 bridgehead atoms. The van der Waals surface area contributed by atoms with Crippen molar-refractivity contribution >= 4 is 17.5 Å². The highest BCUT2D eigenvalue weighted by molar-refractivity contribution is 6.30. The summed E-state index contributed by atoms with van der Waals surface area (Å²) in [4.78, 5) is 12.6. The molecule has 8 heteroatoms. The van der Waals surface area contributed by atoms with Crippen LogP contribution in [0.15, 0.2) is 60.7 Å². The third-order valence-corrected chi connectivity index (χ3v) is 6.20. The molecule has 1 amide bonds. The van der Waals surface area contributed by atoms with Crippen molar-refractivity contribution < 1.29 is 24.5 Å². The van der Waals surface area contributed by atoms with Crippen molar-refractivity contribution in [3.63, 3.8) is 0 Å². The van der Waals surface area contributed by atoms with E-state index < -0.39 is 11.9 Å². The standard InChI is InChI=1S/C28H32ClFN2O4/c1-28(2,32-16-26(35)20-7-9-25(34)22(13-20)17-33)15-18-4-3-5-21(12-18)27(36)31-11-10-19-6-8-23(29)14-24(19)30/h3-9,12-14,26,32-35H,10-11,15-17H2,1-2H3,(H,31,36)/t26-/m1/s1. The van der Waals surface area contributed by atoms with Gasteiger partial charge in [-0.05, 0) is 79.8 Å². The van der Waals surface area contributed by atoms with E-state index in [1.807, 2.05) is 32.0 Å². The highest BCUT2D eigenvalue weighted by Gasteiger charge is 2.21. The second-order valence-electron chi connectivity index (χ2n) is 9.45. The number of aliphatic hydroxyl groups is 2. The van der Waals surface area contributed by atoms with Gasteiger partial charge in [0.25, 0.3) is 5.91 Å². The summed E-state index contributed by atoms with van der Waals surface area (Å²) in [5.74, 6) is -0.639. The quantitative estimate of drug-likeness (QED) is 0.263. The van der Waals surface area contributed by atoms with Crippen LogP contribution < -0.4 is 10.6 Å². The molecule has 0 spiro atoms. The van der Waals surface area contributed by atoms with Crippen LogP contribution in [0.25, 0.3) is 0 Å². The van der Waals surface area contributed by atoms with Gasteiger partial charge in [0.1, 0.15) is 11.6 Å². The van der Waals surface area contributed by atoms with Crippen LogP contribution >= 0.6 is 11.6 Å². The molecule has 3 aromatic carbocycles. The zero-order valence-corrected chi connectivity index (χ0v) is 21.1. The van der Waals surface area contributed by atoms with Crippen molar-refractivity contribution in [3.8, 4) is 5.75 Å². The number of halogens is 2. The molecule has 0 aliphatic heterocycles. The highest BCUT2D eigenvalue weighted by atomic mass is 35.5. The van der Waals surface area contributed by atoms with Crippen molar-refractivity contribution in [3.05, 3.63) is 99.3 Å². The smallest absolute Gasteiger partial charge is 0.251 e. The van der Waals surface area contributed by atoms with Gasteiger partial charge in [0, 0.05) is 34.8 Å². The fourth-order valence-corrected chi connectivity index (χ4v) is 4.12. The molecule has 0 saturated heterocycles. The Morgan fingerprint density at radius 3 is 2.58 bits per heavy atom. The number of β-amino-alcohol motifs (C(OH)–C–C–N with tert-alkyl or cyclic N) is 1. The Kier molecular flexibility index (Phi) is 9.45. The molecule has 5 N–H and O–H groups in total. The molecule has 3 rings (SSSR count). The molecule has 0 radical (unpaired) electrons. The number of hydrogen-bond acceptors (Lipinski definition) is 5. The van der Waals surface area contributed by atoms with Crippen LogP contribution in [0.4, 0.5) is 4.39 Å². The summed E-state index contributed by atoms with van der Waals surface area (Å²) in [5, 5.41) is 36.1. The number of nitrogens with one attached hydrogen (secondary N) is 2. The van der Waals surface area contributed by atoms with Gasteiger partial charge in [-0.1, -0.05) is 35.9 Å². The number of hydrogen-bond donors (Lipinski definition) is 5. The van der Waals surface area contributed by atoms with Crippen molar-refractivity contribution in [2.24, 2.45) is 0 Å². The molecule has 0 saturated carbocycles. The topological polar surface area (TPSA) is 102 Å². The Hall–Kier alpha value is -2.97. The average Bonchev–Trinajstić information content (AvgIpc) is 2.84. The molecule has 1 atom stereocenters. The Morgan fingerprint density at radius 1 is 1.08 bits per heavy atom. The van der Waals surface area contributed by atoms with Crippen LogP contribution in [-0.4, -0.2) is 39.9 Å². The van der Waals surface area contributed by atoms with E-state index in [-0.39, 0.29) is 30.3 Å². The number of carbonyl (C=O) groups excluding carboxylic acids is 1. The zero-order valence-electron chi connectivity index (χ0n) is 20.4. The minimum absolute atomic E-state index is 0.0113. The lowest BCUT2D eigenvalue weighted by Crippen LogP contribution is -2.43. The summed E-state index contributed by atoms with van der Waals surface area (Å²) in [6, 6.07) is 16.5. The summed E-state index contributed by atoms with van der Waals surface area (Å²) < 4.78 is 13.9. The third kappa shape index (κ3) is 7.77. The van der Waals surface area contributed by atoms with Gasteiger partial charge in [-0.15, -0.1) is 0 Å². The Morgan fingerprint density at radius 2 is 1.86 bits per heavy atom. The first-order chi connectivity index (χ1) is 17.1. The number of benzene rings is 3. The Balaban J connectivity index is 1.54. The SMILES string of the molecule is CC(C)(Cc1cccc(C(=O)NCCc2ccc(Cl)cc2F)c1)NC[C@@H](O)c1ccc(O)c(CO)c1. The maximum Gasteiger partial charge on any atom is 0.251 e. The number of rotatable bonds is 11. The molecule has 36 heavy (non-hydrogen) atoms. The third-order valence-electron chi connectivity index (χ3n) is 5.96.